The number of ether oxygens (including phenoxy) is 1. The summed E-state index contributed by atoms with van der Waals surface area (Å²) in [5.74, 6) is 0.0519. The van der Waals surface area contributed by atoms with Gasteiger partial charge in [-0.15, -0.1) is 0 Å². The lowest BCUT2D eigenvalue weighted by Gasteiger charge is -2.21. The van der Waals surface area contributed by atoms with Crippen LogP contribution in [0.25, 0.3) is 10.9 Å². The van der Waals surface area contributed by atoms with Crippen molar-refractivity contribution in [2.75, 3.05) is 20.3 Å². The van der Waals surface area contributed by atoms with Crippen LogP contribution >= 0.6 is 11.6 Å². The largest absolute Gasteiger partial charge is 0.383 e. The number of rotatable bonds is 4. The van der Waals surface area contributed by atoms with Crippen LogP contribution < -0.4 is 0 Å². The van der Waals surface area contributed by atoms with Crippen LogP contribution in [-0.4, -0.2) is 35.6 Å². The topological polar surface area (TPSA) is 34.5 Å². The Morgan fingerprint density at radius 3 is 2.73 bits per heavy atom. The number of benzene rings is 2. The van der Waals surface area contributed by atoms with Gasteiger partial charge in [-0.25, -0.2) is 0 Å². The van der Waals surface area contributed by atoms with Crippen LogP contribution in [0.3, 0.4) is 0 Å². The molecule has 0 fully saturated rings. The van der Waals surface area contributed by atoms with Gasteiger partial charge in [-0.1, -0.05) is 23.7 Å². The van der Waals surface area contributed by atoms with Gasteiger partial charge >= 0.3 is 0 Å². The molecule has 1 amide bonds. The molecule has 134 valence electrons. The second-order valence-corrected chi connectivity index (χ2v) is 7.07. The minimum absolute atomic E-state index is 0.0519. The number of carbonyl (C=O) groups is 1. The number of halogens is 1. The highest BCUT2D eigenvalue weighted by atomic mass is 35.5. The minimum atomic E-state index is 0.0519. The van der Waals surface area contributed by atoms with E-state index in [4.69, 9.17) is 16.3 Å². The lowest BCUT2D eigenvalue weighted by Crippen LogP contribution is -2.31. The van der Waals surface area contributed by atoms with Crippen LogP contribution in [0.1, 0.15) is 21.5 Å². The summed E-state index contributed by atoms with van der Waals surface area (Å²) in [6.45, 7) is 2.86. The Balaban J connectivity index is 1.66. The predicted octanol–water partition coefficient (Wildman–Crippen LogP) is 4.14. The molecule has 0 radical (unpaired) electrons. The summed E-state index contributed by atoms with van der Waals surface area (Å²) in [4.78, 5) is 14.9. The van der Waals surface area contributed by atoms with Crippen molar-refractivity contribution < 1.29 is 9.53 Å². The summed E-state index contributed by atoms with van der Waals surface area (Å²) in [7, 11) is 1.72. The molecular formula is C21H21ClN2O2. The van der Waals surface area contributed by atoms with E-state index in [1.807, 2.05) is 4.90 Å². The number of carbonyl (C=O) groups excluding carboxylic acids is 1. The van der Waals surface area contributed by atoms with Gasteiger partial charge < -0.3 is 14.2 Å². The fourth-order valence-electron chi connectivity index (χ4n) is 3.70. The zero-order chi connectivity index (χ0) is 18.1. The van der Waals surface area contributed by atoms with E-state index in [-0.39, 0.29) is 5.91 Å². The average molecular weight is 369 g/mol. The molecular weight excluding hydrogens is 348 g/mol. The molecule has 3 aromatic rings. The quantitative estimate of drug-likeness (QED) is 0.693. The van der Waals surface area contributed by atoms with Crippen LogP contribution in [0.5, 0.6) is 0 Å². The Morgan fingerprint density at radius 1 is 1.15 bits per heavy atom. The fourth-order valence-corrected chi connectivity index (χ4v) is 3.83. The predicted molar refractivity (Wildman–Crippen MR) is 104 cm³/mol. The summed E-state index contributed by atoms with van der Waals surface area (Å²) in [6, 6.07) is 13.5. The van der Waals surface area contributed by atoms with E-state index in [9.17, 15) is 4.79 Å². The van der Waals surface area contributed by atoms with E-state index in [0.29, 0.717) is 30.3 Å². The molecule has 1 aliphatic heterocycles. The summed E-state index contributed by atoms with van der Waals surface area (Å²) < 4.78 is 7.49. The molecule has 0 unspecified atom stereocenters. The van der Waals surface area contributed by atoms with E-state index in [1.54, 1.807) is 31.4 Å². The Morgan fingerprint density at radius 2 is 1.96 bits per heavy atom. The average Bonchev–Trinajstić information content (AvgIpc) is 2.90. The summed E-state index contributed by atoms with van der Waals surface area (Å²) in [5, 5.41) is 1.93. The van der Waals surface area contributed by atoms with Gasteiger partial charge in [-0.2, -0.15) is 0 Å². The molecule has 1 aromatic heterocycles. The van der Waals surface area contributed by atoms with Crippen LogP contribution in [-0.2, 0) is 24.2 Å². The normalized spacial score (nSPS) is 13.8. The molecule has 0 saturated carbocycles. The van der Waals surface area contributed by atoms with Crippen molar-refractivity contribution in [2.24, 2.45) is 0 Å². The highest BCUT2D eigenvalue weighted by Gasteiger charge is 2.23. The molecule has 0 bridgehead atoms. The van der Waals surface area contributed by atoms with Gasteiger partial charge in [0.15, 0.2) is 0 Å². The van der Waals surface area contributed by atoms with Crippen molar-refractivity contribution in [3.63, 3.8) is 0 Å². The summed E-state index contributed by atoms with van der Waals surface area (Å²) >= 11 is 5.94. The number of methoxy groups -OCH3 is 1. The first-order chi connectivity index (χ1) is 12.7. The minimum Gasteiger partial charge on any atom is -0.383 e. The second kappa shape index (κ2) is 7.14. The van der Waals surface area contributed by atoms with E-state index in [0.717, 1.165) is 13.0 Å². The maximum Gasteiger partial charge on any atom is 0.254 e. The van der Waals surface area contributed by atoms with Crippen LogP contribution in [0, 0.1) is 0 Å². The van der Waals surface area contributed by atoms with Crippen molar-refractivity contribution in [3.05, 3.63) is 70.4 Å². The Bertz CT molecular complexity index is 947. The van der Waals surface area contributed by atoms with Crippen molar-refractivity contribution in [2.45, 2.75) is 19.5 Å². The van der Waals surface area contributed by atoms with E-state index >= 15 is 0 Å². The van der Waals surface area contributed by atoms with E-state index < -0.39 is 0 Å². The van der Waals surface area contributed by atoms with Gasteiger partial charge in [0.2, 0.25) is 0 Å². The fraction of sp³-hybridized carbons (Fsp3) is 0.286. The molecule has 2 heterocycles. The number of hydrogen-bond donors (Lipinski definition) is 0. The monoisotopic (exact) mass is 368 g/mol. The SMILES string of the molecule is COCCn1cc2c3c(cccc31)CN(C(=O)c1ccc(Cl)cc1)CC2. The first-order valence-corrected chi connectivity index (χ1v) is 9.18. The van der Waals surface area contributed by atoms with Gasteiger partial charge in [-0.05, 0) is 47.9 Å². The lowest BCUT2D eigenvalue weighted by molar-refractivity contribution is 0.0748. The highest BCUT2D eigenvalue weighted by molar-refractivity contribution is 6.30. The van der Waals surface area contributed by atoms with Crippen molar-refractivity contribution in [1.29, 1.82) is 0 Å². The zero-order valence-corrected chi connectivity index (χ0v) is 15.5. The van der Waals surface area contributed by atoms with Crippen molar-refractivity contribution in [3.8, 4) is 0 Å². The van der Waals surface area contributed by atoms with Crippen LogP contribution in [0.15, 0.2) is 48.7 Å². The number of aromatic nitrogens is 1. The number of hydrogen-bond acceptors (Lipinski definition) is 2. The number of nitrogens with zero attached hydrogens (tertiary/aromatic N) is 2. The third-order valence-corrected chi connectivity index (χ3v) is 5.25. The Labute approximate surface area is 157 Å². The second-order valence-electron chi connectivity index (χ2n) is 6.64. The molecule has 0 N–H and O–H groups in total. The number of amides is 1. The molecule has 2 aromatic carbocycles. The molecule has 1 aliphatic rings. The molecule has 26 heavy (non-hydrogen) atoms. The maximum absolute atomic E-state index is 12.9. The molecule has 4 nitrogen and oxygen atoms in total. The van der Waals surface area contributed by atoms with Crippen molar-refractivity contribution >= 4 is 28.4 Å². The van der Waals surface area contributed by atoms with E-state index in [2.05, 4.69) is 29.0 Å². The molecule has 5 heteroatoms. The van der Waals surface area contributed by atoms with Crippen molar-refractivity contribution in [1.82, 2.24) is 9.47 Å². The molecule has 4 rings (SSSR count). The Kier molecular flexibility index (Phi) is 4.70. The standard InChI is InChI=1S/C21H21ClN2O2/c1-26-12-11-23-13-17-9-10-24(14-16-3-2-4-19(23)20(16)17)21(25)15-5-7-18(22)8-6-15/h2-8,13H,9-12,14H2,1H3. The van der Waals surface area contributed by atoms with Crippen LogP contribution in [0.4, 0.5) is 0 Å². The van der Waals surface area contributed by atoms with Gasteiger partial charge in [0.05, 0.1) is 6.61 Å². The van der Waals surface area contributed by atoms with Gasteiger partial charge in [0, 0.05) is 54.4 Å². The smallest absolute Gasteiger partial charge is 0.254 e. The van der Waals surface area contributed by atoms with Crippen LogP contribution in [0.2, 0.25) is 5.02 Å². The third kappa shape index (κ3) is 3.11. The molecule has 0 aliphatic carbocycles. The summed E-state index contributed by atoms with van der Waals surface area (Å²) in [5.41, 5.74) is 4.40. The molecule has 0 saturated heterocycles. The first kappa shape index (κ1) is 17.1. The molecule has 0 atom stereocenters. The molecule has 0 spiro atoms. The van der Waals surface area contributed by atoms with Gasteiger partial charge in [-0.3, -0.25) is 4.79 Å². The summed E-state index contributed by atoms with van der Waals surface area (Å²) in [6.07, 6.45) is 3.07. The van der Waals surface area contributed by atoms with Gasteiger partial charge in [0.25, 0.3) is 5.91 Å². The highest BCUT2D eigenvalue weighted by Crippen LogP contribution is 2.30. The third-order valence-electron chi connectivity index (χ3n) is 5.00. The Hall–Kier alpha value is -2.30. The first-order valence-electron chi connectivity index (χ1n) is 8.81. The van der Waals surface area contributed by atoms with Gasteiger partial charge in [0.1, 0.15) is 0 Å². The maximum atomic E-state index is 12.9. The van der Waals surface area contributed by atoms with E-state index in [1.165, 1.54) is 22.0 Å². The lowest BCUT2D eigenvalue weighted by atomic mass is 10.1. The zero-order valence-electron chi connectivity index (χ0n) is 14.7.